The Morgan fingerprint density at radius 3 is 2.09 bits per heavy atom. The largest absolute Gasteiger partial charge is 0.457 e. The second-order valence-electron chi connectivity index (χ2n) is 5.16. The molecule has 23 heavy (non-hydrogen) atoms. The normalized spacial score (nSPS) is 9.65. The summed E-state index contributed by atoms with van der Waals surface area (Å²) >= 11 is -0.543. The Labute approximate surface area is 140 Å². The average Bonchev–Trinajstić information content (AvgIpc) is 2.39. The van der Waals surface area contributed by atoms with Gasteiger partial charge in [-0.25, -0.2) is 13.6 Å². The van der Waals surface area contributed by atoms with Crippen LogP contribution in [0.4, 0.5) is 8.78 Å². The molecule has 0 aliphatic rings. The zero-order valence-electron chi connectivity index (χ0n) is 13.1. The molecule has 1 radical (unpaired) electrons. The number of carboxylic acids is 1. The molecule has 0 aliphatic heterocycles. The zero-order chi connectivity index (χ0) is 16.9. The number of hydrogen-bond donors (Lipinski definition) is 2. The number of rotatable bonds is 2. The fraction of sp³-hybridized carbons (Fsp3) is 0.188. The molecule has 0 atom stereocenters. The van der Waals surface area contributed by atoms with Crippen LogP contribution in [0.25, 0.3) is 11.1 Å². The Balaban J connectivity index is 0.000000871. The smallest absolute Gasteiger partial charge is 0.457 e. The van der Waals surface area contributed by atoms with Gasteiger partial charge in [0.05, 0.1) is 0 Å². The van der Waals surface area contributed by atoms with Crippen LogP contribution in [0.2, 0.25) is 14.8 Å². The predicted molar refractivity (Wildman–Crippen MR) is 88.6 cm³/mol. The molecule has 0 fully saturated rings. The Morgan fingerprint density at radius 2 is 1.61 bits per heavy atom. The van der Waals surface area contributed by atoms with Gasteiger partial charge in [0.25, 0.3) is 0 Å². The molecule has 0 heterocycles. The summed E-state index contributed by atoms with van der Waals surface area (Å²) in [4.78, 5) is 17.9. The van der Waals surface area contributed by atoms with Crippen LogP contribution in [0, 0.1) is 11.6 Å². The molecule has 0 aromatic heterocycles. The second kappa shape index (κ2) is 9.46. The second-order valence-corrected chi connectivity index (χ2v) is 13.7. The van der Waals surface area contributed by atoms with Crippen LogP contribution in [0.5, 0.6) is 5.75 Å². The third-order valence-corrected chi connectivity index (χ3v) is 2.47. The molecular weight excluding hydrogens is 413 g/mol. The van der Waals surface area contributed by atoms with Crippen molar-refractivity contribution in [3.8, 4) is 16.9 Å². The minimum atomic E-state index is -1.32. The van der Waals surface area contributed by atoms with Crippen molar-refractivity contribution in [2.45, 2.75) is 14.8 Å². The first kappa shape index (κ1) is 21.3. The summed E-state index contributed by atoms with van der Waals surface area (Å²) in [6.07, 6.45) is 0. The summed E-state index contributed by atoms with van der Waals surface area (Å²) in [7, 11) is 0. The number of benzene rings is 2. The predicted octanol–water partition coefficient (Wildman–Crippen LogP) is 3.48. The van der Waals surface area contributed by atoms with Crippen LogP contribution >= 0.6 is 0 Å². The number of aromatic hydroxyl groups is 1. The van der Waals surface area contributed by atoms with Gasteiger partial charge < -0.3 is 15.7 Å². The van der Waals surface area contributed by atoms with Crippen molar-refractivity contribution in [3.05, 3.63) is 53.6 Å². The van der Waals surface area contributed by atoms with Crippen molar-refractivity contribution in [3.63, 3.8) is 0 Å². The molecule has 7 heteroatoms. The summed E-state index contributed by atoms with van der Waals surface area (Å²) in [5, 5.41) is 18.2. The van der Waals surface area contributed by atoms with Gasteiger partial charge in [-0.3, -0.25) is 0 Å². The maximum absolute atomic E-state index is 13.5. The molecule has 2 aromatic carbocycles. The molecule has 0 spiro atoms. The number of aromatic carboxylic acids is 1. The monoisotopic (exact) mass is 434 g/mol. The van der Waals surface area contributed by atoms with Gasteiger partial charge in [-0.2, -0.15) is 0 Å². The molecular formula is C16H20F2O4Sn+. The summed E-state index contributed by atoms with van der Waals surface area (Å²) in [6.45, 7) is 0. The van der Waals surface area contributed by atoms with E-state index in [2.05, 4.69) is 14.8 Å². The molecule has 0 saturated heterocycles. The zero-order valence-corrected chi connectivity index (χ0v) is 16.0. The van der Waals surface area contributed by atoms with Gasteiger partial charge in [-0.1, -0.05) is 6.07 Å². The minimum Gasteiger partial charge on any atom is -0.457 e. The van der Waals surface area contributed by atoms with E-state index in [-0.39, 0.29) is 22.2 Å². The van der Waals surface area contributed by atoms with Crippen molar-refractivity contribution in [2.24, 2.45) is 0 Å². The fourth-order valence-corrected chi connectivity index (χ4v) is 1.60. The summed E-state index contributed by atoms with van der Waals surface area (Å²) < 4.78 is 26.3. The summed E-state index contributed by atoms with van der Waals surface area (Å²) in [5.41, 5.74) is -0.0159. The third-order valence-electron chi connectivity index (χ3n) is 2.47. The van der Waals surface area contributed by atoms with Crippen molar-refractivity contribution < 1.29 is 29.3 Å². The Bertz CT molecular complexity index is 672. The minimum absolute atomic E-state index is 0. The molecule has 0 amide bonds. The quantitative estimate of drug-likeness (QED) is 0.562. The van der Waals surface area contributed by atoms with Crippen LogP contribution in [-0.2, 0) is 5.48 Å². The van der Waals surface area contributed by atoms with Crippen LogP contribution in [0.1, 0.15) is 10.4 Å². The van der Waals surface area contributed by atoms with Gasteiger partial charge in [0.2, 0.25) is 0 Å². The fourth-order valence-electron chi connectivity index (χ4n) is 1.60. The van der Waals surface area contributed by atoms with Gasteiger partial charge in [0.15, 0.2) is 0 Å². The molecule has 0 bridgehead atoms. The molecule has 0 saturated carbocycles. The van der Waals surface area contributed by atoms with E-state index in [1.165, 1.54) is 12.1 Å². The molecule has 4 nitrogen and oxygen atoms in total. The number of carbonyl (C=O) groups is 1. The van der Waals surface area contributed by atoms with Crippen LogP contribution in [0.3, 0.4) is 0 Å². The van der Waals surface area contributed by atoms with Crippen LogP contribution < -0.4 is 0 Å². The Morgan fingerprint density at radius 1 is 1.04 bits per heavy atom. The van der Waals surface area contributed by atoms with Crippen molar-refractivity contribution in [2.75, 3.05) is 0 Å². The first-order valence-corrected chi connectivity index (χ1v) is 15.1. The van der Waals surface area contributed by atoms with E-state index >= 15 is 0 Å². The molecule has 0 aliphatic carbocycles. The maximum Gasteiger partial charge on any atom is -0.457 e. The van der Waals surface area contributed by atoms with Crippen molar-refractivity contribution >= 4 is 25.7 Å². The number of halogens is 2. The van der Waals surface area contributed by atoms with E-state index in [1.54, 1.807) is 0 Å². The van der Waals surface area contributed by atoms with Crippen molar-refractivity contribution in [1.29, 1.82) is 0 Å². The first-order chi connectivity index (χ1) is 10.2. The Hall–Kier alpha value is -1.67. The summed E-state index contributed by atoms with van der Waals surface area (Å²) in [6, 6.07) is 6.64. The van der Waals surface area contributed by atoms with E-state index in [4.69, 9.17) is 5.11 Å². The SMILES string of the molecule is O=C(O)c1cc(-c2ccc(F)cc2F)ccc1O.[CH3][Sn]([CH3])[CH3].[OH3+]. The van der Waals surface area contributed by atoms with Gasteiger partial charge in [-0.05, 0) is 29.8 Å². The van der Waals surface area contributed by atoms with E-state index in [0.29, 0.717) is 6.07 Å². The molecule has 2 rings (SSSR count). The van der Waals surface area contributed by atoms with E-state index in [1.807, 2.05) is 0 Å². The Kier molecular flexibility index (Phi) is 8.78. The van der Waals surface area contributed by atoms with E-state index < -0.39 is 43.1 Å². The van der Waals surface area contributed by atoms with E-state index in [9.17, 15) is 18.7 Å². The van der Waals surface area contributed by atoms with Gasteiger partial charge >= 0.3 is 40.5 Å². The first-order valence-electron chi connectivity index (χ1n) is 6.51. The van der Waals surface area contributed by atoms with Crippen LogP contribution in [0.15, 0.2) is 36.4 Å². The molecule has 0 unspecified atom stereocenters. The van der Waals surface area contributed by atoms with Gasteiger partial charge in [0.1, 0.15) is 22.9 Å². The maximum atomic E-state index is 13.5. The molecule has 2 aromatic rings. The molecule has 125 valence electrons. The standard InChI is InChI=1S/C13H8F2O3.3CH3.H2O.Sn/c14-8-2-3-9(11(15)6-8)7-1-4-12(16)10(5-7)13(17)18;;;;;/h1-6,16H,(H,17,18);3*1H3;1H2;/p+1. The van der Waals surface area contributed by atoms with Gasteiger partial charge in [-0.15, -0.1) is 0 Å². The van der Waals surface area contributed by atoms with Gasteiger partial charge in [0, 0.05) is 11.6 Å². The number of carboxylic acid groups (broad SMARTS) is 1. The van der Waals surface area contributed by atoms with E-state index in [0.717, 1.165) is 18.2 Å². The molecule has 5 N–H and O–H groups in total. The topological polar surface area (TPSA) is 90.5 Å². The van der Waals surface area contributed by atoms with Crippen molar-refractivity contribution in [1.82, 2.24) is 0 Å². The third kappa shape index (κ3) is 6.53. The van der Waals surface area contributed by atoms with Crippen LogP contribution in [-0.4, -0.2) is 35.9 Å². The number of phenols is 1. The summed E-state index contributed by atoms with van der Waals surface area (Å²) in [5.74, 6) is -3.24. The average molecular weight is 433 g/mol. The number of hydrogen-bond acceptors (Lipinski definition) is 2.